The monoisotopic (exact) mass is 241 g/mol. The van der Waals surface area contributed by atoms with E-state index in [1.807, 2.05) is 49.4 Å². The van der Waals surface area contributed by atoms with E-state index in [0.29, 0.717) is 6.61 Å². The lowest BCUT2D eigenvalue weighted by molar-refractivity contribution is 0.321. The molecular weight excluding hydrogens is 222 g/mol. The van der Waals surface area contributed by atoms with Crippen molar-refractivity contribution in [1.29, 1.82) is 0 Å². The van der Waals surface area contributed by atoms with E-state index in [2.05, 4.69) is 12.1 Å². The summed E-state index contributed by atoms with van der Waals surface area (Å²) in [5.41, 5.74) is 8.24. The van der Waals surface area contributed by atoms with Gasteiger partial charge in [0, 0.05) is 12.5 Å². The summed E-state index contributed by atoms with van der Waals surface area (Å²) in [4.78, 5) is 0. The van der Waals surface area contributed by atoms with Crippen LogP contribution in [0.15, 0.2) is 54.6 Å². The second-order valence-electron chi connectivity index (χ2n) is 4.45. The average molecular weight is 241 g/mol. The van der Waals surface area contributed by atoms with Gasteiger partial charge in [0.05, 0.1) is 6.61 Å². The fourth-order valence-corrected chi connectivity index (χ4v) is 1.82. The number of hydrogen-bond acceptors (Lipinski definition) is 2. The molecule has 0 aromatic heterocycles. The van der Waals surface area contributed by atoms with Gasteiger partial charge in [-0.3, -0.25) is 0 Å². The second kappa shape index (κ2) is 6.22. The maximum absolute atomic E-state index is 5.85. The number of nitrogens with two attached hydrogens (primary N) is 1. The smallest absolute Gasteiger partial charge is 0.119 e. The molecule has 0 aliphatic rings. The van der Waals surface area contributed by atoms with Gasteiger partial charge in [-0.2, -0.15) is 0 Å². The van der Waals surface area contributed by atoms with Gasteiger partial charge in [-0.05, 0) is 30.2 Å². The highest BCUT2D eigenvalue weighted by molar-refractivity contribution is 5.30. The van der Waals surface area contributed by atoms with Crippen LogP contribution in [0.1, 0.15) is 24.1 Å². The minimum absolute atomic E-state index is 0.0441. The molecular formula is C16H19NO. The van der Waals surface area contributed by atoms with Crippen LogP contribution in [0.2, 0.25) is 0 Å². The molecule has 2 N–H and O–H groups in total. The van der Waals surface area contributed by atoms with Gasteiger partial charge >= 0.3 is 0 Å². The predicted octanol–water partition coefficient (Wildman–Crippen LogP) is 3.33. The van der Waals surface area contributed by atoms with Crippen molar-refractivity contribution in [3.63, 3.8) is 0 Å². The lowest BCUT2D eigenvalue weighted by atomic mass is 10.1. The molecule has 1 atom stereocenters. The largest absolute Gasteiger partial charge is 0.493 e. The van der Waals surface area contributed by atoms with Crippen molar-refractivity contribution in [2.24, 2.45) is 5.73 Å². The van der Waals surface area contributed by atoms with E-state index < -0.39 is 0 Å². The molecule has 2 rings (SSSR count). The Hall–Kier alpha value is -1.80. The second-order valence-corrected chi connectivity index (χ2v) is 4.45. The Morgan fingerprint density at radius 3 is 2.56 bits per heavy atom. The molecule has 0 aliphatic heterocycles. The summed E-state index contributed by atoms with van der Waals surface area (Å²) in [7, 11) is 0. The van der Waals surface area contributed by atoms with E-state index in [4.69, 9.17) is 10.5 Å². The molecule has 0 bridgehead atoms. The van der Waals surface area contributed by atoms with E-state index in [1.54, 1.807) is 0 Å². The highest BCUT2D eigenvalue weighted by Crippen LogP contribution is 2.17. The summed E-state index contributed by atoms with van der Waals surface area (Å²) >= 11 is 0. The zero-order valence-corrected chi connectivity index (χ0v) is 10.7. The third-order valence-electron chi connectivity index (χ3n) is 2.89. The standard InChI is InChI=1S/C16H19NO/c1-13(17)15-8-5-9-16(12-15)18-11-10-14-6-3-2-4-7-14/h2-9,12-13H,10-11,17H2,1H3. The van der Waals surface area contributed by atoms with E-state index in [-0.39, 0.29) is 6.04 Å². The fourth-order valence-electron chi connectivity index (χ4n) is 1.82. The van der Waals surface area contributed by atoms with Gasteiger partial charge < -0.3 is 10.5 Å². The Balaban J connectivity index is 1.89. The molecule has 2 heteroatoms. The molecule has 2 nitrogen and oxygen atoms in total. The van der Waals surface area contributed by atoms with Crippen LogP contribution in [-0.4, -0.2) is 6.61 Å². The lowest BCUT2D eigenvalue weighted by Gasteiger charge is -2.10. The van der Waals surface area contributed by atoms with Crippen LogP contribution in [-0.2, 0) is 6.42 Å². The quantitative estimate of drug-likeness (QED) is 0.871. The van der Waals surface area contributed by atoms with Crippen molar-refractivity contribution in [2.75, 3.05) is 6.61 Å². The van der Waals surface area contributed by atoms with Gasteiger partial charge in [-0.1, -0.05) is 42.5 Å². The molecule has 0 radical (unpaired) electrons. The highest BCUT2D eigenvalue weighted by Gasteiger charge is 2.01. The molecule has 0 spiro atoms. The van der Waals surface area contributed by atoms with Crippen LogP contribution in [0.3, 0.4) is 0 Å². The summed E-state index contributed by atoms with van der Waals surface area (Å²) in [6, 6.07) is 18.4. The maximum Gasteiger partial charge on any atom is 0.119 e. The zero-order chi connectivity index (χ0) is 12.8. The first-order valence-electron chi connectivity index (χ1n) is 6.28. The van der Waals surface area contributed by atoms with E-state index in [0.717, 1.165) is 17.7 Å². The number of rotatable bonds is 5. The third kappa shape index (κ3) is 3.60. The first kappa shape index (κ1) is 12.7. The summed E-state index contributed by atoms with van der Waals surface area (Å²) in [6.45, 7) is 2.66. The Morgan fingerprint density at radius 1 is 1.06 bits per heavy atom. The van der Waals surface area contributed by atoms with Crippen LogP contribution in [0.5, 0.6) is 5.75 Å². The Labute approximate surface area is 108 Å². The Bertz CT molecular complexity index is 479. The van der Waals surface area contributed by atoms with Gasteiger partial charge in [0.25, 0.3) is 0 Å². The molecule has 2 aromatic rings. The lowest BCUT2D eigenvalue weighted by Crippen LogP contribution is -2.06. The van der Waals surface area contributed by atoms with Crippen LogP contribution in [0.25, 0.3) is 0 Å². The van der Waals surface area contributed by atoms with E-state index in [1.165, 1.54) is 5.56 Å². The summed E-state index contributed by atoms with van der Waals surface area (Å²) in [5.74, 6) is 0.890. The van der Waals surface area contributed by atoms with Gasteiger partial charge in [0.2, 0.25) is 0 Å². The topological polar surface area (TPSA) is 35.2 Å². The van der Waals surface area contributed by atoms with Crippen molar-refractivity contribution < 1.29 is 4.74 Å². The third-order valence-corrected chi connectivity index (χ3v) is 2.89. The highest BCUT2D eigenvalue weighted by atomic mass is 16.5. The van der Waals surface area contributed by atoms with Gasteiger partial charge in [-0.15, -0.1) is 0 Å². The summed E-state index contributed by atoms with van der Waals surface area (Å²) < 4.78 is 5.75. The molecule has 1 unspecified atom stereocenters. The summed E-state index contributed by atoms with van der Waals surface area (Å²) in [5, 5.41) is 0. The van der Waals surface area contributed by atoms with Crippen molar-refractivity contribution in [3.05, 3.63) is 65.7 Å². The first-order chi connectivity index (χ1) is 8.75. The van der Waals surface area contributed by atoms with Crippen LogP contribution >= 0.6 is 0 Å². The van der Waals surface area contributed by atoms with E-state index in [9.17, 15) is 0 Å². The molecule has 94 valence electrons. The van der Waals surface area contributed by atoms with Gasteiger partial charge in [0.1, 0.15) is 5.75 Å². The number of hydrogen-bond donors (Lipinski definition) is 1. The first-order valence-corrected chi connectivity index (χ1v) is 6.28. The summed E-state index contributed by atoms with van der Waals surface area (Å²) in [6.07, 6.45) is 0.920. The van der Waals surface area contributed by atoms with Crippen molar-refractivity contribution >= 4 is 0 Å². The molecule has 18 heavy (non-hydrogen) atoms. The molecule has 0 amide bonds. The van der Waals surface area contributed by atoms with Crippen LogP contribution in [0.4, 0.5) is 0 Å². The minimum Gasteiger partial charge on any atom is -0.493 e. The Kier molecular flexibility index (Phi) is 4.37. The molecule has 0 saturated carbocycles. The Morgan fingerprint density at radius 2 is 1.83 bits per heavy atom. The predicted molar refractivity (Wildman–Crippen MR) is 74.7 cm³/mol. The number of ether oxygens (including phenoxy) is 1. The molecule has 0 aliphatic carbocycles. The van der Waals surface area contributed by atoms with Gasteiger partial charge in [-0.25, -0.2) is 0 Å². The van der Waals surface area contributed by atoms with Crippen LogP contribution < -0.4 is 10.5 Å². The minimum atomic E-state index is 0.0441. The molecule has 0 fully saturated rings. The van der Waals surface area contributed by atoms with E-state index >= 15 is 0 Å². The molecule has 0 saturated heterocycles. The van der Waals surface area contributed by atoms with Crippen molar-refractivity contribution in [2.45, 2.75) is 19.4 Å². The van der Waals surface area contributed by atoms with Gasteiger partial charge in [0.15, 0.2) is 0 Å². The normalized spacial score (nSPS) is 12.1. The zero-order valence-electron chi connectivity index (χ0n) is 10.7. The number of benzene rings is 2. The SMILES string of the molecule is CC(N)c1cccc(OCCc2ccccc2)c1. The van der Waals surface area contributed by atoms with Crippen molar-refractivity contribution in [3.8, 4) is 5.75 Å². The average Bonchev–Trinajstić information content (AvgIpc) is 2.40. The molecule has 2 aromatic carbocycles. The molecule has 0 heterocycles. The van der Waals surface area contributed by atoms with Crippen molar-refractivity contribution in [1.82, 2.24) is 0 Å². The fraction of sp³-hybridized carbons (Fsp3) is 0.250. The maximum atomic E-state index is 5.85. The van der Waals surface area contributed by atoms with Crippen LogP contribution in [0, 0.1) is 0 Å².